The highest BCUT2D eigenvalue weighted by molar-refractivity contribution is 14.0. The molecule has 0 aliphatic rings. The minimum atomic E-state index is -0.461. The van der Waals surface area contributed by atoms with E-state index in [1.807, 2.05) is 0 Å². The quantitative estimate of drug-likeness (QED) is 0.176. The molecule has 0 unspecified atom stereocenters. The maximum Gasteiger partial charge on any atom is 0.374 e. The van der Waals surface area contributed by atoms with Gasteiger partial charge in [0.05, 0.1) is 6.61 Å². The summed E-state index contributed by atoms with van der Waals surface area (Å²) in [6.45, 7) is 5.42. The Morgan fingerprint density at radius 3 is 2.62 bits per heavy atom. The van der Waals surface area contributed by atoms with Gasteiger partial charge in [0, 0.05) is 6.54 Å². The molecule has 7 heteroatoms. The lowest BCUT2D eigenvalue weighted by molar-refractivity contribution is 0.0488. The summed E-state index contributed by atoms with van der Waals surface area (Å²) in [5, 5.41) is 3.09. The van der Waals surface area contributed by atoms with E-state index in [1.54, 1.807) is 19.1 Å². The number of aliphatic imine (C=N–C) groups is 1. The van der Waals surface area contributed by atoms with Crippen LogP contribution in [0.25, 0.3) is 0 Å². The third kappa shape index (κ3) is 9.79. The molecule has 1 heterocycles. The Labute approximate surface area is 161 Å². The number of carbonyl (C=O) groups excluding carboxylic acids is 1. The molecule has 0 aliphatic carbocycles. The fourth-order valence-electron chi connectivity index (χ4n) is 2.12. The van der Waals surface area contributed by atoms with Gasteiger partial charge in [0.15, 0.2) is 5.96 Å². The van der Waals surface area contributed by atoms with Crippen molar-refractivity contribution < 1.29 is 13.9 Å². The second-order valence-electron chi connectivity index (χ2n) is 5.38. The van der Waals surface area contributed by atoms with Crippen LogP contribution in [-0.2, 0) is 11.3 Å². The van der Waals surface area contributed by atoms with Crippen LogP contribution in [0.3, 0.4) is 0 Å². The van der Waals surface area contributed by atoms with Crippen molar-refractivity contribution in [2.45, 2.75) is 58.9 Å². The standard InChI is InChI=1S/C17H29N3O3.HI/c1-3-5-6-7-8-9-12-19-17(18)20-13-14-10-11-15(23-14)16(21)22-4-2;/h10-11H,3-9,12-13H2,1-2H3,(H3,18,19,20);1H. The molecule has 138 valence electrons. The molecule has 1 aromatic heterocycles. The van der Waals surface area contributed by atoms with Gasteiger partial charge >= 0.3 is 5.97 Å². The summed E-state index contributed by atoms with van der Waals surface area (Å²) in [6, 6.07) is 3.29. The van der Waals surface area contributed by atoms with E-state index in [4.69, 9.17) is 14.9 Å². The number of halogens is 1. The zero-order valence-electron chi connectivity index (χ0n) is 14.7. The van der Waals surface area contributed by atoms with Crippen molar-refractivity contribution in [3.05, 3.63) is 23.7 Å². The maximum absolute atomic E-state index is 11.5. The molecule has 24 heavy (non-hydrogen) atoms. The fourth-order valence-corrected chi connectivity index (χ4v) is 2.12. The van der Waals surface area contributed by atoms with Gasteiger partial charge < -0.3 is 20.2 Å². The van der Waals surface area contributed by atoms with Crippen molar-refractivity contribution in [1.82, 2.24) is 5.32 Å². The predicted octanol–water partition coefficient (Wildman–Crippen LogP) is 3.84. The number of furan rings is 1. The third-order valence-corrected chi connectivity index (χ3v) is 3.38. The molecule has 0 aliphatic heterocycles. The molecule has 0 spiro atoms. The second kappa shape index (κ2) is 14.1. The Hall–Kier alpha value is -1.25. The Morgan fingerprint density at radius 1 is 1.21 bits per heavy atom. The normalized spacial score (nSPS) is 11.0. The summed E-state index contributed by atoms with van der Waals surface area (Å²) in [5.74, 6) is 0.706. The topological polar surface area (TPSA) is 89.8 Å². The zero-order valence-corrected chi connectivity index (χ0v) is 17.0. The van der Waals surface area contributed by atoms with Gasteiger partial charge in [-0.2, -0.15) is 0 Å². The van der Waals surface area contributed by atoms with Gasteiger partial charge in [0.1, 0.15) is 12.3 Å². The van der Waals surface area contributed by atoms with Crippen LogP contribution in [0.4, 0.5) is 0 Å². The molecule has 0 saturated carbocycles. The number of carbonyl (C=O) groups is 1. The van der Waals surface area contributed by atoms with E-state index in [9.17, 15) is 4.79 Å². The van der Waals surface area contributed by atoms with E-state index in [0.717, 1.165) is 13.0 Å². The first kappa shape index (κ1) is 22.8. The summed E-state index contributed by atoms with van der Waals surface area (Å²) in [5.41, 5.74) is 5.80. The van der Waals surface area contributed by atoms with Crippen molar-refractivity contribution in [3.8, 4) is 0 Å². The molecule has 1 rings (SSSR count). The van der Waals surface area contributed by atoms with Crippen LogP contribution in [-0.4, -0.2) is 25.1 Å². The largest absolute Gasteiger partial charge is 0.460 e. The number of hydrogen-bond acceptors (Lipinski definition) is 4. The van der Waals surface area contributed by atoms with Gasteiger partial charge in [0.2, 0.25) is 5.76 Å². The van der Waals surface area contributed by atoms with Crippen molar-refractivity contribution in [1.29, 1.82) is 0 Å². The Kier molecular flexibility index (Phi) is 13.4. The predicted molar refractivity (Wildman–Crippen MR) is 107 cm³/mol. The number of ether oxygens (including phenoxy) is 1. The third-order valence-electron chi connectivity index (χ3n) is 3.38. The summed E-state index contributed by atoms with van der Waals surface area (Å²) >= 11 is 0. The van der Waals surface area contributed by atoms with Gasteiger partial charge in [-0.3, -0.25) is 0 Å². The van der Waals surface area contributed by atoms with Gasteiger partial charge in [-0.25, -0.2) is 9.79 Å². The zero-order chi connectivity index (χ0) is 16.9. The molecule has 0 amide bonds. The van der Waals surface area contributed by atoms with Crippen LogP contribution >= 0.6 is 24.0 Å². The number of unbranched alkanes of at least 4 members (excludes halogenated alkanes) is 5. The number of hydrogen-bond donors (Lipinski definition) is 2. The van der Waals surface area contributed by atoms with Gasteiger partial charge in [-0.15, -0.1) is 24.0 Å². The lowest BCUT2D eigenvalue weighted by atomic mass is 10.1. The Morgan fingerprint density at radius 2 is 1.92 bits per heavy atom. The molecule has 1 aromatic rings. The molecule has 0 radical (unpaired) electrons. The van der Waals surface area contributed by atoms with Crippen molar-refractivity contribution in [2.24, 2.45) is 10.7 Å². The van der Waals surface area contributed by atoms with Crippen LogP contribution in [0.1, 0.15) is 68.7 Å². The fraction of sp³-hybridized carbons (Fsp3) is 0.647. The summed E-state index contributed by atoms with van der Waals surface area (Å²) < 4.78 is 10.2. The number of guanidine groups is 1. The van der Waals surface area contributed by atoms with Crippen LogP contribution in [0.15, 0.2) is 21.5 Å². The molecular weight excluding hydrogens is 421 g/mol. The van der Waals surface area contributed by atoms with Crippen LogP contribution in [0.5, 0.6) is 0 Å². The molecule has 0 bridgehead atoms. The average Bonchev–Trinajstić information content (AvgIpc) is 3.01. The van der Waals surface area contributed by atoms with Gasteiger partial charge in [-0.05, 0) is 25.5 Å². The molecule has 0 atom stereocenters. The first-order valence-electron chi connectivity index (χ1n) is 8.47. The van der Waals surface area contributed by atoms with Gasteiger partial charge in [-0.1, -0.05) is 39.0 Å². The maximum atomic E-state index is 11.5. The number of nitrogens with two attached hydrogens (primary N) is 1. The van der Waals surface area contributed by atoms with Gasteiger partial charge in [0.25, 0.3) is 0 Å². The highest BCUT2D eigenvalue weighted by atomic mass is 127. The first-order valence-corrected chi connectivity index (χ1v) is 8.47. The SMILES string of the molecule is CCCCCCCCNC(N)=NCc1ccc(C(=O)OCC)o1.I. The molecular formula is C17H30IN3O3. The lowest BCUT2D eigenvalue weighted by Gasteiger charge is -2.05. The number of rotatable bonds is 11. The van der Waals surface area contributed by atoms with E-state index in [2.05, 4.69) is 17.2 Å². The Balaban J connectivity index is 0.00000529. The van der Waals surface area contributed by atoms with Crippen molar-refractivity contribution in [3.63, 3.8) is 0 Å². The summed E-state index contributed by atoms with van der Waals surface area (Å²) in [6.07, 6.45) is 7.46. The summed E-state index contributed by atoms with van der Waals surface area (Å²) in [4.78, 5) is 15.7. The lowest BCUT2D eigenvalue weighted by Crippen LogP contribution is -2.32. The highest BCUT2D eigenvalue weighted by Gasteiger charge is 2.11. The number of nitrogens with one attached hydrogen (secondary N) is 1. The molecule has 3 N–H and O–H groups in total. The van der Waals surface area contributed by atoms with E-state index >= 15 is 0 Å². The smallest absolute Gasteiger partial charge is 0.374 e. The summed E-state index contributed by atoms with van der Waals surface area (Å²) in [7, 11) is 0. The highest BCUT2D eigenvalue weighted by Crippen LogP contribution is 2.10. The minimum absolute atomic E-state index is 0. The first-order chi connectivity index (χ1) is 11.2. The number of esters is 1. The molecule has 6 nitrogen and oxygen atoms in total. The van der Waals surface area contributed by atoms with Crippen LogP contribution in [0.2, 0.25) is 0 Å². The Bertz CT molecular complexity index is 489. The molecule has 0 fully saturated rings. The monoisotopic (exact) mass is 451 g/mol. The second-order valence-corrected chi connectivity index (χ2v) is 5.38. The van der Waals surface area contributed by atoms with E-state index in [1.165, 1.54) is 32.1 Å². The molecule has 0 aromatic carbocycles. The van der Waals surface area contributed by atoms with E-state index in [-0.39, 0.29) is 29.7 Å². The van der Waals surface area contributed by atoms with E-state index in [0.29, 0.717) is 24.9 Å². The van der Waals surface area contributed by atoms with E-state index < -0.39 is 5.97 Å². The average molecular weight is 451 g/mol. The van der Waals surface area contributed by atoms with Crippen LogP contribution < -0.4 is 11.1 Å². The van der Waals surface area contributed by atoms with Crippen molar-refractivity contribution in [2.75, 3.05) is 13.2 Å². The minimum Gasteiger partial charge on any atom is -0.460 e. The molecule has 0 saturated heterocycles. The number of nitrogens with zero attached hydrogens (tertiary/aromatic N) is 1. The van der Waals surface area contributed by atoms with Crippen molar-refractivity contribution >= 4 is 35.9 Å². The van der Waals surface area contributed by atoms with Crippen LogP contribution in [0, 0.1) is 0 Å².